The Morgan fingerprint density at radius 1 is 1.23 bits per heavy atom. The lowest BCUT2D eigenvalue weighted by atomic mass is 10.1. The molecule has 0 radical (unpaired) electrons. The first-order valence-corrected chi connectivity index (χ1v) is 8.77. The summed E-state index contributed by atoms with van der Waals surface area (Å²) < 4.78 is 6.08. The minimum absolute atomic E-state index is 0.709. The van der Waals surface area contributed by atoms with Gasteiger partial charge in [-0.25, -0.2) is 0 Å². The third-order valence-electron chi connectivity index (χ3n) is 3.03. The van der Waals surface area contributed by atoms with Crippen molar-refractivity contribution in [2.75, 3.05) is 5.32 Å². The predicted molar refractivity (Wildman–Crippen MR) is 89.8 cm³/mol. The average molecular weight is 332 g/mol. The van der Waals surface area contributed by atoms with E-state index < -0.39 is 0 Å². The summed E-state index contributed by atoms with van der Waals surface area (Å²) in [7, 11) is 0. The van der Waals surface area contributed by atoms with Gasteiger partial charge in [0.05, 0.1) is 11.4 Å². The predicted octanol–water partition coefficient (Wildman–Crippen LogP) is 4.43. The molecule has 0 saturated carbocycles. The van der Waals surface area contributed by atoms with Gasteiger partial charge in [0.1, 0.15) is 5.76 Å². The summed E-state index contributed by atoms with van der Waals surface area (Å²) in [6, 6.07) is 10.3. The fourth-order valence-electron chi connectivity index (χ4n) is 1.88. The van der Waals surface area contributed by atoms with Crippen molar-refractivity contribution in [1.29, 1.82) is 0 Å². The highest BCUT2D eigenvalue weighted by Crippen LogP contribution is 2.30. The summed E-state index contributed by atoms with van der Waals surface area (Å²) in [6.45, 7) is 4.06. The maximum Gasteiger partial charge on any atom is 0.210 e. The lowest BCUT2D eigenvalue weighted by molar-refractivity contribution is 0.391. The lowest BCUT2D eigenvalue weighted by Crippen LogP contribution is -1.89. The molecule has 2 aromatic heterocycles. The van der Waals surface area contributed by atoms with Crippen molar-refractivity contribution in [3.8, 4) is 0 Å². The number of aryl methyl sites for hydroxylation is 2. The van der Waals surface area contributed by atoms with Crippen molar-refractivity contribution in [2.24, 2.45) is 0 Å². The van der Waals surface area contributed by atoms with E-state index in [1.807, 2.05) is 13.0 Å². The second-order valence-electron chi connectivity index (χ2n) is 4.77. The van der Waals surface area contributed by atoms with Crippen LogP contribution in [0.1, 0.15) is 23.9 Å². The van der Waals surface area contributed by atoms with Gasteiger partial charge in [-0.1, -0.05) is 47.3 Å². The SMILES string of the molecule is CCc1ccc(Nc2nnc(SCc3cc(C)no3)s2)cc1. The molecule has 0 spiro atoms. The van der Waals surface area contributed by atoms with E-state index >= 15 is 0 Å². The van der Waals surface area contributed by atoms with E-state index in [1.165, 1.54) is 16.9 Å². The van der Waals surface area contributed by atoms with E-state index in [-0.39, 0.29) is 0 Å². The molecule has 2 heterocycles. The largest absolute Gasteiger partial charge is 0.360 e. The van der Waals surface area contributed by atoms with Gasteiger partial charge >= 0.3 is 0 Å². The zero-order chi connectivity index (χ0) is 15.4. The molecule has 3 rings (SSSR count). The number of hydrogen-bond acceptors (Lipinski definition) is 7. The summed E-state index contributed by atoms with van der Waals surface area (Å²) >= 11 is 3.13. The van der Waals surface area contributed by atoms with E-state index in [1.54, 1.807) is 11.8 Å². The van der Waals surface area contributed by atoms with Crippen molar-refractivity contribution in [2.45, 2.75) is 30.4 Å². The lowest BCUT2D eigenvalue weighted by Gasteiger charge is -2.02. The van der Waals surface area contributed by atoms with Gasteiger partial charge in [0.2, 0.25) is 5.13 Å². The number of thioether (sulfide) groups is 1. The molecule has 0 amide bonds. The zero-order valence-corrected chi connectivity index (χ0v) is 14.0. The van der Waals surface area contributed by atoms with E-state index in [0.717, 1.165) is 33.0 Å². The molecule has 0 aliphatic rings. The summed E-state index contributed by atoms with van der Waals surface area (Å²) in [5.41, 5.74) is 3.24. The molecular formula is C15H16N4OS2. The first kappa shape index (κ1) is 15.1. The number of benzene rings is 1. The highest BCUT2D eigenvalue weighted by Gasteiger charge is 2.08. The molecule has 22 heavy (non-hydrogen) atoms. The van der Waals surface area contributed by atoms with Crippen LogP contribution in [0.4, 0.5) is 10.8 Å². The minimum atomic E-state index is 0.709. The molecule has 0 bridgehead atoms. The maximum atomic E-state index is 5.18. The first-order chi connectivity index (χ1) is 10.7. The smallest absolute Gasteiger partial charge is 0.210 e. The van der Waals surface area contributed by atoms with E-state index in [0.29, 0.717) is 5.75 Å². The van der Waals surface area contributed by atoms with Crippen LogP contribution >= 0.6 is 23.1 Å². The van der Waals surface area contributed by atoms with Crippen LogP contribution in [0, 0.1) is 6.92 Å². The monoisotopic (exact) mass is 332 g/mol. The van der Waals surface area contributed by atoms with Crippen LogP contribution in [-0.2, 0) is 12.2 Å². The van der Waals surface area contributed by atoms with Gasteiger partial charge in [-0.15, -0.1) is 10.2 Å². The first-order valence-electron chi connectivity index (χ1n) is 6.97. The van der Waals surface area contributed by atoms with E-state index in [2.05, 4.69) is 51.9 Å². The van der Waals surface area contributed by atoms with E-state index in [4.69, 9.17) is 4.52 Å². The topological polar surface area (TPSA) is 63.8 Å². The molecular weight excluding hydrogens is 316 g/mol. The second-order valence-corrected chi connectivity index (χ2v) is 6.97. The van der Waals surface area contributed by atoms with Crippen molar-refractivity contribution < 1.29 is 4.52 Å². The average Bonchev–Trinajstić information content (AvgIpc) is 3.15. The van der Waals surface area contributed by atoms with Gasteiger partial charge in [0.25, 0.3) is 0 Å². The Bertz CT molecular complexity index is 736. The summed E-state index contributed by atoms with van der Waals surface area (Å²) in [5.74, 6) is 1.56. The van der Waals surface area contributed by atoms with Crippen molar-refractivity contribution in [1.82, 2.24) is 15.4 Å². The van der Waals surface area contributed by atoms with Gasteiger partial charge in [-0.05, 0) is 31.0 Å². The Morgan fingerprint density at radius 3 is 2.73 bits per heavy atom. The van der Waals surface area contributed by atoms with Crippen LogP contribution in [0.15, 0.2) is 39.2 Å². The Hall–Kier alpha value is -1.86. The molecule has 0 atom stereocenters. The van der Waals surface area contributed by atoms with Gasteiger partial charge in [-0.2, -0.15) is 0 Å². The minimum Gasteiger partial charge on any atom is -0.360 e. The Labute approximate surface area is 137 Å². The number of nitrogens with zero attached hydrogens (tertiary/aromatic N) is 3. The number of anilines is 2. The molecule has 0 unspecified atom stereocenters. The highest BCUT2D eigenvalue weighted by molar-refractivity contribution is 8.00. The quantitative estimate of drug-likeness (QED) is 0.674. The van der Waals surface area contributed by atoms with Crippen molar-refractivity contribution in [3.05, 3.63) is 47.3 Å². The second kappa shape index (κ2) is 6.93. The molecule has 5 nitrogen and oxygen atoms in total. The standard InChI is InChI=1S/C15H16N4OS2/c1-3-11-4-6-12(7-5-11)16-14-17-18-15(22-14)21-9-13-8-10(2)19-20-13/h4-8H,3,9H2,1-2H3,(H,16,17). The normalized spacial score (nSPS) is 10.8. The molecule has 0 aliphatic heterocycles. The van der Waals surface area contributed by atoms with Gasteiger partial charge < -0.3 is 9.84 Å². The van der Waals surface area contributed by atoms with Crippen LogP contribution in [0.3, 0.4) is 0 Å². The molecule has 114 valence electrons. The van der Waals surface area contributed by atoms with Gasteiger partial charge in [-0.3, -0.25) is 0 Å². The van der Waals surface area contributed by atoms with Crippen LogP contribution < -0.4 is 5.32 Å². The maximum absolute atomic E-state index is 5.18. The number of hydrogen-bond donors (Lipinski definition) is 1. The molecule has 0 aliphatic carbocycles. The molecule has 7 heteroatoms. The van der Waals surface area contributed by atoms with Crippen LogP contribution in [-0.4, -0.2) is 15.4 Å². The molecule has 0 saturated heterocycles. The number of aromatic nitrogens is 3. The fourth-order valence-corrected chi connectivity index (χ4v) is 3.53. The van der Waals surface area contributed by atoms with Crippen LogP contribution in [0.2, 0.25) is 0 Å². The summed E-state index contributed by atoms with van der Waals surface area (Å²) in [5, 5.41) is 16.3. The molecule has 1 N–H and O–H groups in total. The third kappa shape index (κ3) is 3.86. The number of nitrogens with one attached hydrogen (secondary N) is 1. The Kier molecular flexibility index (Phi) is 4.74. The number of rotatable bonds is 6. The molecule has 3 aromatic rings. The van der Waals surface area contributed by atoms with E-state index in [9.17, 15) is 0 Å². The summed E-state index contributed by atoms with van der Waals surface area (Å²) in [6.07, 6.45) is 1.04. The Balaban J connectivity index is 1.58. The molecule has 1 aromatic carbocycles. The molecule has 0 fully saturated rings. The van der Waals surface area contributed by atoms with Crippen LogP contribution in [0.5, 0.6) is 0 Å². The Morgan fingerprint density at radius 2 is 2.05 bits per heavy atom. The fraction of sp³-hybridized carbons (Fsp3) is 0.267. The van der Waals surface area contributed by atoms with Gasteiger partial charge in [0, 0.05) is 11.8 Å². The highest BCUT2D eigenvalue weighted by atomic mass is 32.2. The third-order valence-corrected chi connectivity index (χ3v) is 5.03. The van der Waals surface area contributed by atoms with Gasteiger partial charge in [0.15, 0.2) is 4.34 Å². The zero-order valence-electron chi connectivity index (χ0n) is 12.4. The van der Waals surface area contributed by atoms with Crippen molar-refractivity contribution >= 4 is 33.9 Å². The van der Waals surface area contributed by atoms with Crippen molar-refractivity contribution in [3.63, 3.8) is 0 Å². The summed E-state index contributed by atoms with van der Waals surface area (Å²) in [4.78, 5) is 0. The van der Waals surface area contributed by atoms with Crippen LogP contribution in [0.25, 0.3) is 0 Å².